The first-order valence-corrected chi connectivity index (χ1v) is 6.24. The van der Waals surface area contributed by atoms with Crippen molar-refractivity contribution >= 4 is 0 Å². The van der Waals surface area contributed by atoms with Crippen molar-refractivity contribution in [3.63, 3.8) is 0 Å². The highest BCUT2D eigenvalue weighted by molar-refractivity contribution is 5.28. The van der Waals surface area contributed by atoms with Gasteiger partial charge in [-0.2, -0.15) is 0 Å². The third-order valence-corrected chi connectivity index (χ3v) is 4.13. The SMILES string of the molecule is Cc1cc(C2CC3CCC(C2)N3)ccc1F. The van der Waals surface area contributed by atoms with Crippen LogP contribution in [0.25, 0.3) is 0 Å². The lowest BCUT2D eigenvalue weighted by atomic mass is 9.86. The fourth-order valence-corrected chi connectivity index (χ4v) is 3.25. The quantitative estimate of drug-likeness (QED) is 0.765. The molecular formula is C14H18FN. The molecule has 2 heteroatoms. The normalized spacial score (nSPS) is 33.0. The first-order chi connectivity index (χ1) is 7.72. The Hall–Kier alpha value is -0.890. The van der Waals surface area contributed by atoms with Crippen molar-refractivity contribution in [1.82, 2.24) is 5.32 Å². The van der Waals surface area contributed by atoms with Gasteiger partial charge < -0.3 is 5.32 Å². The average Bonchev–Trinajstić information content (AvgIpc) is 2.62. The molecule has 0 amide bonds. The summed E-state index contributed by atoms with van der Waals surface area (Å²) in [6.07, 6.45) is 5.09. The van der Waals surface area contributed by atoms with Crippen LogP contribution < -0.4 is 5.32 Å². The van der Waals surface area contributed by atoms with Gasteiger partial charge in [-0.25, -0.2) is 4.39 Å². The van der Waals surface area contributed by atoms with Crippen molar-refractivity contribution in [3.05, 3.63) is 35.1 Å². The summed E-state index contributed by atoms with van der Waals surface area (Å²) in [6, 6.07) is 7.03. The van der Waals surface area contributed by atoms with Crippen molar-refractivity contribution in [2.45, 2.75) is 50.6 Å². The molecule has 16 heavy (non-hydrogen) atoms. The first kappa shape index (κ1) is 10.3. The van der Waals surface area contributed by atoms with Gasteiger partial charge in [0.15, 0.2) is 0 Å². The molecule has 1 N–H and O–H groups in total. The summed E-state index contributed by atoms with van der Waals surface area (Å²) in [7, 11) is 0. The molecule has 2 aliphatic rings. The van der Waals surface area contributed by atoms with Gasteiger partial charge in [0.1, 0.15) is 5.82 Å². The molecule has 1 aromatic carbocycles. The number of hydrogen-bond acceptors (Lipinski definition) is 1. The summed E-state index contributed by atoms with van der Waals surface area (Å²) in [5, 5.41) is 3.64. The number of hydrogen-bond donors (Lipinski definition) is 1. The number of aryl methyl sites for hydroxylation is 1. The molecule has 2 fully saturated rings. The highest BCUT2D eigenvalue weighted by Crippen LogP contribution is 2.37. The minimum Gasteiger partial charge on any atom is -0.311 e. The maximum atomic E-state index is 13.2. The van der Waals surface area contributed by atoms with Gasteiger partial charge in [0.05, 0.1) is 0 Å². The molecule has 86 valence electrons. The van der Waals surface area contributed by atoms with Gasteiger partial charge in [0.25, 0.3) is 0 Å². The lowest BCUT2D eigenvalue weighted by Gasteiger charge is -2.29. The predicted molar refractivity (Wildman–Crippen MR) is 63.1 cm³/mol. The van der Waals surface area contributed by atoms with E-state index < -0.39 is 0 Å². The van der Waals surface area contributed by atoms with Crippen LogP contribution in [-0.2, 0) is 0 Å². The van der Waals surface area contributed by atoms with Gasteiger partial charge in [-0.15, -0.1) is 0 Å². The van der Waals surface area contributed by atoms with E-state index in [1.807, 2.05) is 19.1 Å². The Morgan fingerprint density at radius 3 is 2.50 bits per heavy atom. The minimum absolute atomic E-state index is 0.0827. The Balaban J connectivity index is 1.84. The number of rotatable bonds is 1. The summed E-state index contributed by atoms with van der Waals surface area (Å²) in [4.78, 5) is 0. The number of piperidine rings is 1. The third-order valence-electron chi connectivity index (χ3n) is 4.13. The van der Waals surface area contributed by atoms with Crippen LogP contribution in [0.1, 0.15) is 42.7 Å². The molecule has 0 spiro atoms. The van der Waals surface area contributed by atoms with Gasteiger partial charge in [0.2, 0.25) is 0 Å². The molecule has 2 aliphatic heterocycles. The van der Waals surface area contributed by atoms with E-state index in [0.29, 0.717) is 18.0 Å². The zero-order valence-corrected chi connectivity index (χ0v) is 9.67. The van der Waals surface area contributed by atoms with E-state index in [0.717, 1.165) is 5.56 Å². The van der Waals surface area contributed by atoms with Gasteiger partial charge in [-0.1, -0.05) is 12.1 Å². The number of fused-ring (bicyclic) bond motifs is 2. The first-order valence-electron chi connectivity index (χ1n) is 6.24. The van der Waals surface area contributed by atoms with E-state index in [-0.39, 0.29) is 5.82 Å². The molecule has 0 saturated carbocycles. The minimum atomic E-state index is -0.0827. The Morgan fingerprint density at radius 1 is 1.19 bits per heavy atom. The fraction of sp³-hybridized carbons (Fsp3) is 0.571. The van der Waals surface area contributed by atoms with E-state index in [2.05, 4.69) is 5.32 Å². The second-order valence-electron chi connectivity index (χ2n) is 5.31. The van der Waals surface area contributed by atoms with E-state index in [4.69, 9.17) is 0 Å². The molecule has 2 bridgehead atoms. The highest BCUT2D eigenvalue weighted by Gasteiger charge is 2.33. The Bertz CT molecular complexity index is 390. The van der Waals surface area contributed by atoms with E-state index in [1.54, 1.807) is 6.07 Å². The van der Waals surface area contributed by atoms with Crippen molar-refractivity contribution in [1.29, 1.82) is 0 Å². The summed E-state index contributed by atoms with van der Waals surface area (Å²) >= 11 is 0. The van der Waals surface area contributed by atoms with Gasteiger partial charge in [-0.05, 0) is 55.7 Å². The predicted octanol–water partition coefficient (Wildman–Crippen LogP) is 3.13. The molecular weight excluding hydrogens is 201 g/mol. The molecule has 0 aliphatic carbocycles. The molecule has 3 rings (SSSR count). The lowest BCUT2D eigenvalue weighted by Crippen LogP contribution is -2.37. The second kappa shape index (κ2) is 3.85. The van der Waals surface area contributed by atoms with Gasteiger partial charge >= 0.3 is 0 Å². The molecule has 2 saturated heterocycles. The largest absolute Gasteiger partial charge is 0.311 e. The lowest BCUT2D eigenvalue weighted by molar-refractivity contribution is 0.363. The van der Waals surface area contributed by atoms with Crippen molar-refractivity contribution in [2.24, 2.45) is 0 Å². The van der Waals surface area contributed by atoms with E-state index in [1.165, 1.54) is 31.2 Å². The van der Waals surface area contributed by atoms with Crippen molar-refractivity contribution in [3.8, 4) is 0 Å². The topological polar surface area (TPSA) is 12.0 Å². The molecule has 0 radical (unpaired) electrons. The van der Waals surface area contributed by atoms with Gasteiger partial charge in [-0.3, -0.25) is 0 Å². The second-order valence-corrected chi connectivity index (χ2v) is 5.31. The smallest absolute Gasteiger partial charge is 0.126 e. The highest BCUT2D eigenvalue weighted by atomic mass is 19.1. The average molecular weight is 219 g/mol. The van der Waals surface area contributed by atoms with Crippen LogP contribution in [0, 0.1) is 12.7 Å². The maximum Gasteiger partial charge on any atom is 0.126 e. The van der Waals surface area contributed by atoms with E-state index in [9.17, 15) is 4.39 Å². The van der Waals surface area contributed by atoms with Crippen LogP contribution >= 0.6 is 0 Å². The van der Waals surface area contributed by atoms with Crippen LogP contribution in [0.2, 0.25) is 0 Å². The maximum absolute atomic E-state index is 13.2. The standard InChI is InChI=1S/C14H18FN/c1-9-6-10(2-5-14(9)15)11-7-12-3-4-13(8-11)16-12/h2,5-6,11-13,16H,3-4,7-8H2,1H3. The monoisotopic (exact) mass is 219 g/mol. The number of halogens is 1. The van der Waals surface area contributed by atoms with Gasteiger partial charge in [0, 0.05) is 12.1 Å². The van der Waals surface area contributed by atoms with Crippen LogP contribution in [-0.4, -0.2) is 12.1 Å². The molecule has 2 heterocycles. The number of benzene rings is 1. The molecule has 2 unspecified atom stereocenters. The summed E-state index contributed by atoms with van der Waals surface area (Å²) in [6.45, 7) is 1.86. The summed E-state index contributed by atoms with van der Waals surface area (Å²) in [5.41, 5.74) is 2.11. The van der Waals surface area contributed by atoms with Crippen LogP contribution in [0.4, 0.5) is 4.39 Å². The Morgan fingerprint density at radius 2 is 1.88 bits per heavy atom. The van der Waals surface area contributed by atoms with Crippen molar-refractivity contribution < 1.29 is 4.39 Å². The van der Waals surface area contributed by atoms with Crippen LogP contribution in [0.3, 0.4) is 0 Å². The Kier molecular flexibility index (Phi) is 2.47. The van der Waals surface area contributed by atoms with Crippen molar-refractivity contribution in [2.75, 3.05) is 0 Å². The molecule has 1 nitrogen and oxygen atoms in total. The van der Waals surface area contributed by atoms with Crippen LogP contribution in [0.15, 0.2) is 18.2 Å². The summed E-state index contributed by atoms with van der Waals surface area (Å²) < 4.78 is 13.2. The Labute approximate surface area is 96.1 Å². The molecule has 0 aromatic heterocycles. The number of nitrogens with one attached hydrogen (secondary N) is 1. The zero-order chi connectivity index (χ0) is 11.1. The molecule has 1 aromatic rings. The molecule has 2 atom stereocenters. The van der Waals surface area contributed by atoms with E-state index >= 15 is 0 Å². The fourth-order valence-electron chi connectivity index (χ4n) is 3.25. The third kappa shape index (κ3) is 1.75. The summed E-state index contributed by atoms with van der Waals surface area (Å²) in [5.74, 6) is 0.554. The zero-order valence-electron chi connectivity index (χ0n) is 9.67. The van der Waals surface area contributed by atoms with Crippen LogP contribution in [0.5, 0.6) is 0 Å².